The number of nitrogens with zero attached hydrogens (tertiary/aromatic N) is 1. The van der Waals surface area contributed by atoms with Crippen molar-refractivity contribution in [1.82, 2.24) is 10.2 Å². The number of carbonyl (C=O) groups is 2. The van der Waals surface area contributed by atoms with Crippen LogP contribution in [0.4, 0.5) is 8.78 Å². The van der Waals surface area contributed by atoms with E-state index in [9.17, 15) is 18.4 Å². The maximum Gasteiger partial charge on any atom is 0.242 e. The number of amides is 2. The van der Waals surface area contributed by atoms with Crippen molar-refractivity contribution in [3.63, 3.8) is 0 Å². The molecule has 1 N–H and O–H groups in total. The zero-order chi connectivity index (χ0) is 20.8. The summed E-state index contributed by atoms with van der Waals surface area (Å²) in [5.41, 5.74) is 0.985. The summed E-state index contributed by atoms with van der Waals surface area (Å²) in [6, 6.07) is 11.3. The van der Waals surface area contributed by atoms with Crippen LogP contribution in [0.1, 0.15) is 43.7 Å². The molecule has 0 saturated heterocycles. The van der Waals surface area contributed by atoms with Crippen molar-refractivity contribution < 1.29 is 18.4 Å². The molecule has 1 aliphatic carbocycles. The van der Waals surface area contributed by atoms with Crippen molar-refractivity contribution in [2.24, 2.45) is 0 Å². The highest BCUT2D eigenvalue weighted by molar-refractivity contribution is 5.88. The van der Waals surface area contributed by atoms with Gasteiger partial charge in [-0.1, -0.05) is 43.2 Å². The molecule has 1 unspecified atom stereocenters. The Labute approximate surface area is 169 Å². The summed E-state index contributed by atoms with van der Waals surface area (Å²) in [5.74, 6) is -1.40. The molecule has 1 fully saturated rings. The Morgan fingerprint density at radius 3 is 2.38 bits per heavy atom. The van der Waals surface area contributed by atoms with Gasteiger partial charge < -0.3 is 10.2 Å². The van der Waals surface area contributed by atoms with Crippen LogP contribution in [0.3, 0.4) is 0 Å². The Balaban J connectivity index is 1.77. The van der Waals surface area contributed by atoms with Gasteiger partial charge in [-0.15, -0.1) is 0 Å². The normalized spacial score (nSPS) is 15.1. The van der Waals surface area contributed by atoms with Gasteiger partial charge in [0.2, 0.25) is 11.8 Å². The second kappa shape index (κ2) is 9.63. The zero-order valence-electron chi connectivity index (χ0n) is 16.5. The van der Waals surface area contributed by atoms with Crippen LogP contribution in [0.25, 0.3) is 0 Å². The number of hydrogen-bond donors (Lipinski definition) is 1. The van der Waals surface area contributed by atoms with Gasteiger partial charge in [-0.2, -0.15) is 0 Å². The minimum atomic E-state index is -0.722. The Morgan fingerprint density at radius 2 is 1.72 bits per heavy atom. The van der Waals surface area contributed by atoms with E-state index >= 15 is 0 Å². The van der Waals surface area contributed by atoms with E-state index in [4.69, 9.17) is 0 Å². The van der Waals surface area contributed by atoms with Gasteiger partial charge in [-0.05, 0) is 49.1 Å². The van der Waals surface area contributed by atoms with E-state index in [2.05, 4.69) is 5.32 Å². The molecule has 1 aliphatic rings. The lowest BCUT2D eigenvalue weighted by Crippen LogP contribution is -2.50. The molecule has 0 aromatic heterocycles. The molecule has 0 radical (unpaired) electrons. The fourth-order valence-electron chi connectivity index (χ4n) is 3.67. The molecule has 2 aromatic rings. The summed E-state index contributed by atoms with van der Waals surface area (Å²) in [6.45, 7) is 1.82. The highest BCUT2D eigenvalue weighted by Gasteiger charge is 2.28. The fraction of sp³-hybridized carbons (Fsp3) is 0.391. The van der Waals surface area contributed by atoms with Crippen molar-refractivity contribution >= 4 is 11.8 Å². The maximum atomic E-state index is 14.0. The molecule has 0 heterocycles. The molecule has 2 aromatic carbocycles. The predicted molar refractivity (Wildman–Crippen MR) is 107 cm³/mol. The minimum absolute atomic E-state index is 0.138. The fourth-order valence-corrected chi connectivity index (χ4v) is 3.67. The lowest BCUT2D eigenvalue weighted by Gasteiger charge is -2.30. The van der Waals surface area contributed by atoms with E-state index in [0.717, 1.165) is 25.7 Å². The van der Waals surface area contributed by atoms with E-state index in [0.29, 0.717) is 5.56 Å². The van der Waals surface area contributed by atoms with Crippen LogP contribution in [-0.4, -0.2) is 28.8 Å². The molecule has 0 spiro atoms. The highest BCUT2D eigenvalue weighted by atomic mass is 19.1. The number of halogens is 2. The molecular weight excluding hydrogens is 374 g/mol. The molecule has 2 amide bonds. The van der Waals surface area contributed by atoms with E-state index in [1.54, 1.807) is 37.3 Å². The molecular formula is C23H26F2N2O2. The highest BCUT2D eigenvalue weighted by Crippen LogP contribution is 2.19. The number of nitrogens with one attached hydrogen (secondary N) is 1. The van der Waals surface area contributed by atoms with Gasteiger partial charge in [0.25, 0.3) is 0 Å². The molecule has 154 valence electrons. The van der Waals surface area contributed by atoms with Crippen LogP contribution >= 0.6 is 0 Å². The largest absolute Gasteiger partial charge is 0.352 e. The molecule has 1 saturated carbocycles. The number of rotatable bonds is 7. The average molecular weight is 400 g/mol. The summed E-state index contributed by atoms with van der Waals surface area (Å²) >= 11 is 0. The third-order valence-electron chi connectivity index (χ3n) is 5.43. The standard InChI is InChI=1S/C23H26F2N2O2/c1-16(23(29)26-20-7-3-4-8-20)27(15-17-10-12-19(24)13-11-17)22(28)14-18-6-2-5-9-21(18)25/h2,5-6,9-13,16,20H,3-4,7-8,14-15H2,1H3,(H,26,29). The van der Waals surface area contributed by atoms with Gasteiger partial charge in [0.05, 0.1) is 6.42 Å². The van der Waals surface area contributed by atoms with Crippen LogP contribution in [-0.2, 0) is 22.6 Å². The third kappa shape index (κ3) is 5.62. The zero-order valence-corrected chi connectivity index (χ0v) is 16.5. The van der Waals surface area contributed by atoms with Gasteiger partial charge >= 0.3 is 0 Å². The van der Waals surface area contributed by atoms with Gasteiger partial charge in [0.1, 0.15) is 17.7 Å². The second-order valence-corrected chi connectivity index (χ2v) is 7.58. The first-order valence-electron chi connectivity index (χ1n) is 10.0. The Kier molecular flexibility index (Phi) is 6.96. The van der Waals surface area contributed by atoms with Crippen LogP contribution in [0.15, 0.2) is 48.5 Å². The average Bonchev–Trinajstić information content (AvgIpc) is 3.21. The first kappa shape index (κ1) is 21.0. The van der Waals surface area contributed by atoms with Gasteiger partial charge in [-0.25, -0.2) is 8.78 Å². The maximum absolute atomic E-state index is 14.0. The SMILES string of the molecule is CC(C(=O)NC1CCCC1)N(Cc1ccc(F)cc1)C(=O)Cc1ccccc1F. The van der Waals surface area contributed by atoms with Crippen molar-refractivity contribution in [3.05, 3.63) is 71.3 Å². The number of benzene rings is 2. The van der Waals surface area contributed by atoms with Crippen molar-refractivity contribution in [3.8, 4) is 0 Å². The first-order chi connectivity index (χ1) is 13.9. The van der Waals surface area contributed by atoms with E-state index in [1.807, 2.05) is 0 Å². The van der Waals surface area contributed by atoms with Crippen molar-refractivity contribution in [2.45, 2.75) is 57.7 Å². The minimum Gasteiger partial charge on any atom is -0.352 e. The third-order valence-corrected chi connectivity index (χ3v) is 5.43. The van der Waals surface area contributed by atoms with Gasteiger partial charge in [0, 0.05) is 12.6 Å². The lowest BCUT2D eigenvalue weighted by atomic mass is 10.1. The van der Waals surface area contributed by atoms with Gasteiger partial charge in [-0.3, -0.25) is 9.59 Å². The van der Waals surface area contributed by atoms with Crippen molar-refractivity contribution in [2.75, 3.05) is 0 Å². The van der Waals surface area contributed by atoms with Gasteiger partial charge in [0.15, 0.2) is 0 Å². The second-order valence-electron chi connectivity index (χ2n) is 7.58. The molecule has 6 heteroatoms. The molecule has 0 aliphatic heterocycles. The summed E-state index contributed by atoms with van der Waals surface area (Å²) in [5, 5.41) is 3.02. The molecule has 29 heavy (non-hydrogen) atoms. The molecule has 0 bridgehead atoms. The number of carbonyl (C=O) groups excluding carboxylic acids is 2. The predicted octanol–water partition coefficient (Wildman–Crippen LogP) is 3.98. The van der Waals surface area contributed by atoms with Crippen LogP contribution < -0.4 is 5.32 Å². The summed E-state index contributed by atoms with van der Waals surface area (Å²) in [4.78, 5) is 27.2. The Morgan fingerprint density at radius 1 is 1.07 bits per heavy atom. The first-order valence-corrected chi connectivity index (χ1v) is 10.0. The summed E-state index contributed by atoms with van der Waals surface area (Å²) in [6.07, 6.45) is 3.92. The van der Waals surface area contributed by atoms with Crippen LogP contribution in [0.5, 0.6) is 0 Å². The van der Waals surface area contributed by atoms with E-state index < -0.39 is 11.9 Å². The number of hydrogen-bond acceptors (Lipinski definition) is 2. The van der Waals surface area contributed by atoms with Crippen molar-refractivity contribution in [1.29, 1.82) is 0 Å². The Hall–Kier alpha value is -2.76. The van der Waals surface area contributed by atoms with Crippen LogP contribution in [0.2, 0.25) is 0 Å². The lowest BCUT2D eigenvalue weighted by molar-refractivity contribution is -0.140. The van der Waals surface area contributed by atoms with Crippen LogP contribution in [0, 0.1) is 11.6 Å². The smallest absolute Gasteiger partial charge is 0.242 e. The summed E-state index contributed by atoms with van der Waals surface area (Å²) in [7, 11) is 0. The monoisotopic (exact) mass is 400 g/mol. The molecule has 1 atom stereocenters. The topological polar surface area (TPSA) is 49.4 Å². The molecule has 3 rings (SSSR count). The quantitative estimate of drug-likeness (QED) is 0.764. The van der Waals surface area contributed by atoms with E-state index in [1.165, 1.54) is 23.1 Å². The summed E-state index contributed by atoms with van der Waals surface area (Å²) < 4.78 is 27.3. The Bertz CT molecular complexity index is 848. The molecule has 4 nitrogen and oxygen atoms in total. The van der Waals surface area contributed by atoms with E-state index in [-0.39, 0.29) is 42.2 Å².